The van der Waals surface area contributed by atoms with Crippen LogP contribution in [0.1, 0.15) is 5.56 Å². The number of nitrogens with one attached hydrogen (secondary N) is 1. The summed E-state index contributed by atoms with van der Waals surface area (Å²) in [5.41, 5.74) is 1.51. The molecule has 0 unspecified atom stereocenters. The van der Waals surface area contributed by atoms with E-state index in [0.29, 0.717) is 22.2 Å². The number of aliphatic hydroxyl groups excluding tert-OH is 1. The fourth-order valence-electron chi connectivity index (χ4n) is 2.43. The predicted octanol–water partition coefficient (Wildman–Crippen LogP) is 0.763. The molecule has 2 aromatic rings. The van der Waals surface area contributed by atoms with E-state index < -0.39 is 11.8 Å². The Balaban J connectivity index is 1.97. The summed E-state index contributed by atoms with van der Waals surface area (Å²) in [6.45, 7) is -0.365. The van der Waals surface area contributed by atoms with Crippen molar-refractivity contribution in [2.24, 2.45) is 0 Å². The molecular weight excluding hydrogens is 296 g/mol. The van der Waals surface area contributed by atoms with Crippen LogP contribution in [-0.2, 0) is 9.59 Å². The van der Waals surface area contributed by atoms with Crippen molar-refractivity contribution in [3.05, 3.63) is 47.8 Å². The molecule has 1 aromatic carbocycles. The van der Waals surface area contributed by atoms with Crippen LogP contribution in [0.3, 0.4) is 0 Å². The minimum atomic E-state index is -0.528. The van der Waals surface area contributed by atoms with Gasteiger partial charge in [-0.15, -0.1) is 0 Å². The smallest absolute Gasteiger partial charge is 0.277 e. The first kappa shape index (κ1) is 14.7. The number of β-amino-alcohol motifs (C(OH)–C–C–N with tert-alkyl or cyclic N) is 1. The molecule has 0 saturated heterocycles. The third-order valence-electron chi connectivity index (χ3n) is 3.50. The van der Waals surface area contributed by atoms with Crippen LogP contribution in [0.4, 0.5) is 5.69 Å². The number of aliphatic hydroxyl groups is 1. The van der Waals surface area contributed by atoms with Gasteiger partial charge < -0.3 is 10.4 Å². The Bertz CT molecular complexity index is 883. The number of nitriles is 1. The molecule has 0 atom stereocenters. The lowest BCUT2D eigenvalue weighted by atomic mass is 10.1. The Labute approximate surface area is 131 Å². The number of fused-ring (bicyclic) bond motifs is 1. The summed E-state index contributed by atoms with van der Waals surface area (Å²) in [6, 6.07) is 8.95. The van der Waals surface area contributed by atoms with E-state index in [2.05, 4.69) is 16.4 Å². The molecule has 0 saturated carbocycles. The quantitative estimate of drug-likeness (QED) is 0.808. The lowest BCUT2D eigenvalue weighted by Gasteiger charge is -2.14. The zero-order chi connectivity index (χ0) is 16.4. The highest BCUT2D eigenvalue weighted by Crippen LogP contribution is 2.26. The van der Waals surface area contributed by atoms with Gasteiger partial charge in [0.05, 0.1) is 29.9 Å². The van der Waals surface area contributed by atoms with Gasteiger partial charge in [0.25, 0.3) is 11.8 Å². The number of rotatable bonds is 4. The van der Waals surface area contributed by atoms with E-state index in [1.165, 1.54) is 0 Å². The summed E-state index contributed by atoms with van der Waals surface area (Å²) in [4.78, 5) is 29.0. The number of nitrogens with zero attached hydrogens (tertiary/aromatic N) is 3. The molecule has 7 heteroatoms. The fraction of sp³-hybridized carbons (Fsp3) is 0.125. The first-order chi connectivity index (χ1) is 11.2. The molecule has 7 nitrogen and oxygen atoms in total. The normalized spacial score (nSPS) is 14.1. The molecule has 23 heavy (non-hydrogen) atoms. The number of hydrogen-bond acceptors (Lipinski definition) is 6. The van der Waals surface area contributed by atoms with Crippen LogP contribution in [0, 0.1) is 11.3 Å². The molecule has 2 amide bonds. The van der Waals surface area contributed by atoms with E-state index in [-0.39, 0.29) is 18.8 Å². The van der Waals surface area contributed by atoms with E-state index in [1.54, 1.807) is 30.5 Å². The Morgan fingerprint density at radius 1 is 1.30 bits per heavy atom. The van der Waals surface area contributed by atoms with Gasteiger partial charge in [-0.3, -0.25) is 19.5 Å². The molecule has 1 aliphatic heterocycles. The van der Waals surface area contributed by atoms with Crippen molar-refractivity contribution in [2.45, 2.75) is 0 Å². The molecule has 114 valence electrons. The lowest BCUT2D eigenvalue weighted by molar-refractivity contribution is -0.137. The number of amides is 2. The average molecular weight is 308 g/mol. The van der Waals surface area contributed by atoms with Crippen LogP contribution >= 0.6 is 0 Å². The highest BCUT2D eigenvalue weighted by molar-refractivity contribution is 6.17. The first-order valence-corrected chi connectivity index (χ1v) is 6.89. The Morgan fingerprint density at radius 2 is 2.13 bits per heavy atom. The lowest BCUT2D eigenvalue weighted by Crippen LogP contribution is -2.34. The number of aromatic nitrogens is 1. The van der Waals surface area contributed by atoms with Crippen LogP contribution in [0.5, 0.6) is 0 Å². The molecule has 3 rings (SSSR count). The first-order valence-electron chi connectivity index (χ1n) is 6.89. The molecule has 0 spiro atoms. The SMILES string of the molecule is N#Cc1c(NC2=CC(=O)N(CCO)C2=O)ccc2ncccc12. The second kappa shape index (κ2) is 5.87. The van der Waals surface area contributed by atoms with Crippen LogP contribution in [0.15, 0.2) is 42.2 Å². The van der Waals surface area contributed by atoms with Gasteiger partial charge in [0.1, 0.15) is 11.8 Å². The minimum Gasteiger partial charge on any atom is -0.395 e. The van der Waals surface area contributed by atoms with Gasteiger partial charge in [0, 0.05) is 17.7 Å². The van der Waals surface area contributed by atoms with Crippen molar-refractivity contribution in [1.82, 2.24) is 9.88 Å². The topological polar surface area (TPSA) is 106 Å². The Morgan fingerprint density at radius 3 is 2.87 bits per heavy atom. The Kier molecular flexibility index (Phi) is 3.75. The fourth-order valence-corrected chi connectivity index (χ4v) is 2.43. The second-order valence-corrected chi connectivity index (χ2v) is 4.87. The van der Waals surface area contributed by atoms with Gasteiger partial charge in [0.15, 0.2) is 0 Å². The van der Waals surface area contributed by atoms with E-state index in [1.807, 2.05) is 0 Å². The van der Waals surface area contributed by atoms with Crippen LogP contribution in [0.2, 0.25) is 0 Å². The van der Waals surface area contributed by atoms with Gasteiger partial charge in [-0.1, -0.05) is 0 Å². The number of carbonyl (C=O) groups excluding carboxylic acids is 2. The summed E-state index contributed by atoms with van der Waals surface area (Å²) >= 11 is 0. The standard InChI is InChI=1S/C16H12N4O3/c17-9-11-10-2-1-5-18-12(10)3-4-13(11)19-14-8-15(22)20(6-7-21)16(14)23/h1-5,8,19,21H,6-7H2. The van der Waals surface area contributed by atoms with Crippen LogP contribution < -0.4 is 5.32 Å². The van der Waals surface area contributed by atoms with E-state index in [0.717, 1.165) is 11.0 Å². The summed E-state index contributed by atoms with van der Waals surface area (Å²) in [5.74, 6) is -1.02. The molecule has 0 radical (unpaired) electrons. The Hall–Kier alpha value is -3.24. The maximum atomic E-state index is 12.1. The van der Waals surface area contributed by atoms with Gasteiger partial charge >= 0.3 is 0 Å². The number of anilines is 1. The zero-order valence-corrected chi connectivity index (χ0v) is 12.0. The van der Waals surface area contributed by atoms with Gasteiger partial charge in [-0.05, 0) is 24.3 Å². The largest absolute Gasteiger partial charge is 0.395 e. The molecule has 2 heterocycles. The van der Waals surface area contributed by atoms with Crippen molar-refractivity contribution in [3.63, 3.8) is 0 Å². The predicted molar refractivity (Wildman–Crippen MR) is 82.0 cm³/mol. The van der Waals surface area contributed by atoms with Crippen molar-refractivity contribution < 1.29 is 14.7 Å². The van der Waals surface area contributed by atoms with Crippen molar-refractivity contribution >= 4 is 28.4 Å². The summed E-state index contributed by atoms with van der Waals surface area (Å²) < 4.78 is 0. The van der Waals surface area contributed by atoms with Crippen LogP contribution in [-0.4, -0.2) is 40.0 Å². The van der Waals surface area contributed by atoms with Gasteiger partial charge in [-0.25, -0.2) is 0 Å². The molecular formula is C16H12N4O3. The highest BCUT2D eigenvalue weighted by Gasteiger charge is 2.31. The maximum absolute atomic E-state index is 12.1. The molecule has 2 N–H and O–H groups in total. The van der Waals surface area contributed by atoms with Crippen molar-refractivity contribution in [1.29, 1.82) is 5.26 Å². The van der Waals surface area contributed by atoms with Gasteiger partial charge in [-0.2, -0.15) is 5.26 Å². The number of pyridine rings is 1. The van der Waals surface area contributed by atoms with Crippen molar-refractivity contribution in [2.75, 3.05) is 18.5 Å². The molecule has 0 fully saturated rings. The van der Waals surface area contributed by atoms with E-state index in [9.17, 15) is 14.9 Å². The number of benzene rings is 1. The number of hydrogen-bond donors (Lipinski definition) is 2. The molecule has 0 bridgehead atoms. The summed E-state index contributed by atoms with van der Waals surface area (Å²) in [5, 5.41) is 21.8. The molecule has 0 aliphatic carbocycles. The average Bonchev–Trinajstić information content (AvgIpc) is 2.82. The summed E-state index contributed by atoms with van der Waals surface area (Å²) in [6.07, 6.45) is 2.79. The summed E-state index contributed by atoms with van der Waals surface area (Å²) in [7, 11) is 0. The second-order valence-electron chi connectivity index (χ2n) is 4.87. The van der Waals surface area contributed by atoms with Gasteiger partial charge in [0.2, 0.25) is 0 Å². The van der Waals surface area contributed by atoms with Crippen LogP contribution in [0.25, 0.3) is 10.9 Å². The van der Waals surface area contributed by atoms with E-state index >= 15 is 0 Å². The monoisotopic (exact) mass is 308 g/mol. The highest BCUT2D eigenvalue weighted by atomic mass is 16.3. The minimum absolute atomic E-state index is 0.0634. The number of carbonyl (C=O) groups is 2. The maximum Gasteiger partial charge on any atom is 0.277 e. The molecule has 1 aromatic heterocycles. The number of imide groups is 1. The zero-order valence-electron chi connectivity index (χ0n) is 12.0. The van der Waals surface area contributed by atoms with Crippen molar-refractivity contribution in [3.8, 4) is 6.07 Å². The molecule has 1 aliphatic rings. The third kappa shape index (κ3) is 2.52. The third-order valence-corrected chi connectivity index (χ3v) is 3.50. The van der Waals surface area contributed by atoms with E-state index in [4.69, 9.17) is 5.11 Å².